The van der Waals surface area contributed by atoms with Gasteiger partial charge in [0, 0.05) is 43.2 Å². The number of nitrogens with one attached hydrogen (secondary N) is 3. The number of rotatable bonds is 10. The molecule has 322 valence electrons. The third kappa shape index (κ3) is 9.15. The summed E-state index contributed by atoms with van der Waals surface area (Å²) in [5.41, 5.74) is 22.4. The van der Waals surface area contributed by atoms with E-state index in [-0.39, 0.29) is 73.5 Å². The van der Waals surface area contributed by atoms with Gasteiger partial charge in [0.25, 0.3) is 11.8 Å². The maximum Gasteiger partial charge on any atom is 0.276 e. The quantitative estimate of drug-likeness (QED) is 0.0877. The van der Waals surface area contributed by atoms with E-state index in [0.29, 0.717) is 64.1 Å². The molecule has 5 aromatic rings. The number of hydrogen-bond acceptors (Lipinski definition) is 12. The number of primary amides is 2. The highest BCUT2D eigenvalue weighted by molar-refractivity contribution is 6.04. The molecule has 2 aliphatic rings. The van der Waals surface area contributed by atoms with Crippen molar-refractivity contribution in [1.29, 1.82) is 0 Å². The first kappa shape index (κ1) is 42.2. The van der Waals surface area contributed by atoms with Crippen molar-refractivity contribution >= 4 is 52.0 Å². The smallest absolute Gasteiger partial charge is 0.276 e. The normalized spacial score (nSPS) is 16.7. The first-order chi connectivity index (χ1) is 29.3. The number of anilines is 3. The maximum absolute atomic E-state index is 13.8. The molecule has 1 saturated heterocycles. The lowest BCUT2D eigenvalue weighted by molar-refractivity contribution is 0.0940. The summed E-state index contributed by atoms with van der Waals surface area (Å²) in [5.74, 6) is -1.26. The number of carbonyl (C=O) groups excluding carboxylic acids is 4. The second-order valence-electron chi connectivity index (χ2n) is 15.3. The van der Waals surface area contributed by atoms with E-state index >= 15 is 0 Å². The predicted octanol–water partition coefficient (Wildman–Crippen LogP) is 2.96. The monoisotopic (exact) mass is 835 g/mol. The van der Waals surface area contributed by atoms with Crippen molar-refractivity contribution < 1.29 is 28.7 Å². The Morgan fingerprint density at radius 3 is 2.02 bits per heavy atom. The van der Waals surface area contributed by atoms with Gasteiger partial charge in [0.15, 0.2) is 0 Å². The molecule has 1 atom stereocenters. The van der Waals surface area contributed by atoms with Crippen molar-refractivity contribution in [2.24, 2.45) is 23.3 Å². The van der Waals surface area contributed by atoms with Crippen molar-refractivity contribution in [3.63, 3.8) is 0 Å². The summed E-state index contributed by atoms with van der Waals surface area (Å²) in [6.07, 6.45) is 5.45. The summed E-state index contributed by atoms with van der Waals surface area (Å²) >= 11 is 0. The highest BCUT2D eigenvalue weighted by Crippen LogP contribution is 2.38. The van der Waals surface area contributed by atoms with Crippen LogP contribution >= 0.6 is 0 Å². The van der Waals surface area contributed by atoms with Crippen molar-refractivity contribution in [2.45, 2.75) is 60.2 Å². The van der Waals surface area contributed by atoms with Crippen molar-refractivity contribution in [3.8, 4) is 11.5 Å². The molecule has 1 unspecified atom stereocenters. The SMILES string of the molecule is CCn1nc(C)cc1C(=O)NCN1C/C=C/Cn2c(NC(=O)c3cc(C)nn3CC)nc3cc(C(N)=O)cc(c32)OCC(C2CCNCC2)COc2cc(C(N)=O)cc(N)c21. The summed E-state index contributed by atoms with van der Waals surface area (Å²) < 4.78 is 18.4. The van der Waals surface area contributed by atoms with E-state index in [1.165, 1.54) is 6.07 Å². The molecule has 0 saturated carbocycles. The number of piperidine rings is 1. The number of aryl methyl sites for hydroxylation is 4. The first-order valence-corrected chi connectivity index (χ1v) is 20.5. The maximum atomic E-state index is 13.8. The van der Waals surface area contributed by atoms with Gasteiger partial charge in [-0.25, -0.2) is 4.98 Å². The van der Waals surface area contributed by atoms with Crippen LogP contribution in [0, 0.1) is 25.7 Å². The first-order valence-electron chi connectivity index (χ1n) is 20.5. The highest BCUT2D eigenvalue weighted by atomic mass is 16.5. The minimum Gasteiger partial charge on any atom is -0.491 e. The molecular formula is C42H53N13O6. The van der Waals surface area contributed by atoms with Crippen molar-refractivity contribution in [3.05, 3.63) is 82.5 Å². The van der Waals surface area contributed by atoms with Crippen LogP contribution < -0.4 is 47.5 Å². The van der Waals surface area contributed by atoms with Crippen LogP contribution in [-0.2, 0) is 19.6 Å². The molecule has 19 heteroatoms. The Labute approximate surface area is 352 Å². The van der Waals surface area contributed by atoms with Gasteiger partial charge in [0.2, 0.25) is 17.8 Å². The third-order valence-electron chi connectivity index (χ3n) is 11.1. The van der Waals surface area contributed by atoms with Crippen LogP contribution in [0.1, 0.15) is 79.8 Å². The third-order valence-corrected chi connectivity index (χ3v) is 11.1. The predicted molar refractivity (Wildman–Crippen MR) is 230 cm³/mol. The number of nitrogens with zero attached hydrogens (tertiary/aromatic N) is 7. The zero-order chi connectivity index (χ0) is 43.4. The standard InChI is InChI=1S/C42H53N13O6/c1-5-54-32(15-24(3)50-54)40(58)47-23-52-13-7-8-14-53-37-31(48-42(53)49-41(59)33-16-25(4)51-55(33)6-2)18-28(39(45)57)20-35(37)61-22-29(26-9-11-46-12-10-26)21-60-34-19-27(38(44)56)17-30(43)36(34)52/h7-8,15-20,26,29,46H,5-6,9-14,21-23,43H2,1-4H3,(H2,44,56)(H2,45,57)(H,47,58)(H,48,49,59)/b8-7+. The number of carbonyl (C=O) groups is 4. The van der Waals surface area contributed by atoms with E-state index in [2.05, 4.69) is 26.1 Å². The fraction of sp³-hybridized carbons (Fsp3) is 0.405. The topological polar surface area (TPSA) is 258 Å². The van der Waals surface area contributed by atoms with Gasteiger partial charge in [-0.3, -0.25) is 33.9 Å². The molecule has 9 N–H and O–H groups in total. The van der Waals surface area contributed by atoms with Crippen LogP contribution in [-0.4, -0.2) is 92.3 Å². The van der Waals surface area contributed by atoms with Crippen LogP contribution in [0.2, 0.25) is 0 Å². The highest BCUT2D eigenvalue weighted by Gasteiger charge is 2.29. The van der Waals surface area contributed by atoms with Crippen LogP contribution in [0.3, 0.4) is 0 Å². The van der Waals surface area contributed by atoms with Crippen LogP contribution in [0.5, 0.6) is 11.5 Å². The van der Waals surface area contributed by atoms with E-state index in [1.807, 2.05) is 44.7 Å². The Morgan fingerprint density at radius 2 is 1.38 bits per heavy atom. The minimum atomic E-state index is -0.679. The Hall–Kier alpha value is -6.89. The molecule has 7 rings (SSSR count). The number of allylic oxidation sites excluding steroid dienone is 1. The van der Waals surface area contributed by atoms with Gasteiger partial charge in [-0.2, -0.15) is 10.2 Å². The molecule has 4 amide bonds. The fourth-order valence-corrected chi connectivity index (χ4v) is 7.98. The zero-order valence-corrected chi connectivity index (χ0v) is 34.9. The summed E-state index contributed by atoms with van der Waals surface area (Å²) in [4.78, 5) is 59.3. The van der Waals surface area contributed by atoms with Crippen LogP contribution in [0.4, 0.5) is 17.3 Å². The molecule has 2 aromatic carbocycles. The van der Waals surface area contributed by atoms with Gasteiger partial charge in [0.1, 0.15) is 34.1 Å². The second-order valence-corrected chi connectivity index (χ2v) is 15.3. The van der Waals surface area contributed by atoms with Crippen molar-refractivity contribution in [2.75, 3.05) is 55.5 Å². The van der Waals surface area contributed by atoms with Gasteiger partial charge in [-0.15, -0.1) is 0 Å². The van der Waals surface area contributed by atoms with Gasteiger partial charge in [0.05, 0.1) is 42.5 Å². The molecule has 5 heterocycles. The lowest BCUT2D eigenvalue weighted by atomic mass is 9.85. The number of nitrogens with two attached hydrogens (primary N) is 3. The Balaban J connectivity index is 1.33. The summed E-state index contributed by atoms with van der Waals surface area (Å²) in [6, 6.07) is 9.67. The number of imidazole rings is 1. The second kappa shape index (κ2) is 18.2. The molecule has 0 radical (unpaired) electrons. The summed E-state index contributed by atoms with van der Waals surface area (Å²) in [7, 11) is 0. The van der Waals surface area contributed by atoms with Crippen LogP contribution in [0.25, 0.3) is 11.0 Å². The molecule has 3 aromatic heterocycles. The van der Waals surface area contributed by atoms with Gasteiger partial charge in [-0.1, -0.05) is 12.2 Å². The number of aromatic nitrogens is 6. The Bertz CT molecular complexity index is 2500. The van der Waals surface area contributed by atoms with Crippen molar-refractivity contribution in [1.82, 2.24) is 39.7 Å². The Morgan fingerprint density at radius 1 is 0.787 bits per heavy atom. The summed E-state index contributed by atoms with van der Waals surface area (Å²) in [6.45, 7) is 10.8. The Kier molecular flexibility index (Phi) is 12.6. The van der Waals surface area contributed by atoms with E-state index in [9.17, 15) is 19.2 Å². The summed E-state index contributed by atoms with van der Waals surface area (Å²) in [5, 5.41) is 18.3. The lowest BCUT2D eigenvalue weighted by Crippen LogP contribution is -2.39. The molecule has 61 heavy (non-hydrogen) atoms. The van der Waals surface area contributed by atoms with E-state index in [4.69, 9.17) is 31.7 Å². The molecule has 0 bridgehead atoms. The van der Waals surface area contributed by atoms with Gasteiger partial charge >= 0.3 is 0 Å². The lowest BCUT2D eigenvalue weighted by Gasteiger charge is -2.32. The zero-order valence-electron chi connectivity index (χ0n) is 34.9. The molecule has 0 spiro atoms. The number of benzene rings is 2. The molecular weight excluding hydrogens is 783 g/mol. The molecule has 2 aliphatic heterocycles. The fourth-order valence-electron chi connectivity index (χ4n) is 7.98. The number of amides is 4. The van der Waals surface area contributed by atoms with E-state index in [0.717, 1.165) is 25.9 Å². The number of fused-ring (bicyclic) bond motifs is 1. The minimum absolute atomic E-state index is 0.00564. The van der Waals surface area contributed by atoms with Crippen LogP contribution in [0.15, 0.2) is 48.6 Å². The molecule has 1 fully saturated rings. The van der Waals surface area contributed by atoms with Gasteiger partial charge in [-0.05, 0) is 95.9 Å². The average molecular weight is 836 g/mol. The average Bonchev–Trinajstić information content (AvgIpc) is 3.93. The number of nitrogen functional groups attached to an aromatic ring is 1. The van der Waals surface area contributed by atoms with E-state index < -0.39 is 17.7 Å². The molecule has 19 nitrogen and oxygen atoms in total. The number of hydrogen-bond donors (Lipinski definition) is 6. The number of ether oxygens (including phenoxy) is 2. The van der Waals surface area contributed by atoms with Gasteiger partial charge < -0.3 is 46.8 Å². The molecule has 0 aliphatic carbocycles. The van der Waals surface area contributed by atoms with E-state index in [1.54, 1.807) is 44.3 Å². The largest absolute Gasteiger partial charge is 0.491 e.